The van der Waals surface area contributed by atoms with Gasteiger partial charge in [0.05, 0.1) is 10.6 Å². The average molecular weight is 349 g/mol. The van der Waals surface area contributed by atoms with E-state index in [1.807, 2.05) is 6.26 Å². The summed E-state index contributed by atoms with van der Waals surface area (Å²) in [6.07, 6.45) is 3.61. The van der Waals surface area contributed by atoms with E-state index in [2.05, 4.69) is 6.58 Å². The third-order valence-electron chi connectivity index (χ3n) is 3.29. The molecule has 0 N–H and O–H groups in total. The maximum Gasteiger partial charge on any atom is 0.264 e. The Labute approximate surface area is 141 Å². The Balaban J connectivity index is 2.22. The van der Waals surface area contributed by atoms with Crippen molar-refractivity contribution in [3.05, 3.63) is 61.2 Å². The lowest BCUT2D eigenvalue weighted by molar-refractivity contribution is 0.363. The van der Waals surface area contributed by atoms with Gasteiger partial charge in [-0.1, -0.05) is 12.7 Å². The van der Waals surface area contributed by atoms with Crippen LogP contribution in [0.3, 0.4) is 0 Å². The lowest BCUT2D eigenvalue weighted by atomic mass is 10.3. The van der Waals surface area contributed by atoms with Crippen LogP contribution in [0.2, 0.25) is 0 Å². The van der Waals surface area contributed by atoms with Crippen molar-refractivity contribution < 1.29 is 13.2 Å². The van der Waals surface area contributed by atoms with Crippen LogP contribution in [0.25, 0.3) is 0 Å². The highest BCUT2D eigenvalue weighted by Gasteiger charge is 2.21. The Kier molecular flexibility index (Phi) is 5.74. The summed E-state index contributed by atoms with van der Waals surface area (Å²) < 4.78 is 32.0. The predicted octanol–water partition coefficient (Wildman–Crippen LogP) is 3.80. The van der Waals surface area contributed by atoms with E-state index in [1.54, 1.807) is 66.4 Å². The lowest BCUT2D eigenvalue weighted by Crippen LogP contribution is -2.26. The Morgan fingerprint density at radius 1 is 1.13 bits per heavy atom. The van der Waals surface area contributed by atoms with Crippen LogP contribution in [0.15, 0.2) is 71.0 Å². The van der Waals surface area contributed by atoms with E-state index in [-0.39, 0.29) is 4.90 Å². The maximum absolute atomic E-state index is 12.7. The molecular weight excluding hydrogens is 330 g/mol. The van der Waals surface area contributed by atoms with Gasteiger partial charge in [0.1, 0.15) is 12.4 Å². The van der Waals surface area contributed by atoms with Crippen molar-refractivity contribution in [1.29, 1.82) is 0 Å². The van der Waals surface area contributed by atoms with Gasteiger partial charge < -0.3 is 4.74 Å². The molecular formula is C17H19NO3S2. The maximum atomic E-state index is 12.7. The molecule has 23 heavy (non-hydrogen) atoms. The molecule has 0 bridgehead atoms. The predicted molar refractivity (Wildman–Crippen MR) is 95.9 cm³/mol. The number of hydrogen-bond acceptors (Lipinski definition) is 4. The number of ether oxygens (including phenoxy) is 1. The molecule has 0 aliphatic heterocycles. The van der Waals surface area contributed by atoms with Gasteiger partial charge >= 0.3 is 0 Å². The molecule has 122 valence electrons. The highest BCUT2D eigenvalue weighted by Crippen LogP contribution is 2.25. The minimum absolute atomic E-state index is 0.268. The fourth-order valence-electron chi connectivity index (χ4n) is 1.95. The minimum atomic E-state index is -3.58. The van der Waals surface area contributed by atoms with Crippen LogP contribution in [0.5, 0.6) is 5.75 Å². The first-order valence-electron chi connectivity index (χ1n) is 6.96. The van der Waals surface area contributed by atoms with Gasteiger partial charge in [-0.25, -0.2) is 8.42 Å². The van der Waals surface area contributed by atoms with E-state index < -0.39 is 10.0 Å². The Hall–Kier alpha value is -1.92. The van der Waals surface area contributed by atoms with Gasteiger partial charge in [0.2, 0.25) is 0 Å². The van der Waals surface area contributed by atoms with E-state index in [4.69, 9.17) is 4.74 Å². The summed E-state index contributed by atoms with van der Waals surface area (Å²) in [6, 6.07) is 13.8. The summed E-state index contributed by atoms with van der Waals surface area (Å²) in [4.78, 5) is 1.29. The van der Waals surface area contributed by atoms with E-state index in [1.165, 1.54) is 11.4 Å². The molecule has 0 unspecified atom stereocenters. The molecule has 0 saturated heterocycles. The van der Waals surface area contributed by atoms with E-state index >= 15 is 0 Å². The van der Waals surface area contributed by atoms with Crippen LogP contribution >= 0.6 is 11.8 Å². The van der Waals surface area contributed by atoms with Crippen molar-refractivity contribution in [1.82, 2.24) is 0 Å². The minimum Gasteiger partial charge on any atom is -0.490 e. The quantitative estimate of drug-likeness (QED) is 0.563. The van der Waals surface area contributed by atoms with Crippen molar-refractivity contribution in [2.75, 3.05) is 24.2 Å². The monoisotopic (exact) mass is 349 g/mol. The zero-order valence-corrected chi connectivity index (χ0v) is 14.7. The van der Waals surface area contributed by atoms with Crippen LogP contribution in [-0.4, -0.2) is 28.3 Å². The second-order valence-corrected chi connectivity index (χ2v) is 7.59. The molecule has 0 atom stereocenters. The van der Waals surface area contributed by atoms with Crippen molar-refractivity contribution in [3.63, 3.8) is 0 Å². The summed E-state index contributed by atoms with van der Waals surface area (Å²) in [6.45, 7) is 4.00. The number of hydrogen-bond donors (Lipinski definition) is 0. The SMILES string of the molecule is C=CCOc1ccc(N(C)S(=O)(=O)c2ccc(SC)cc2)cc1. The summed E-state index contributed by atoms with van der Waals surface area (Å²) in [5, 5.41) is 0. The molecule has 0 saturated carbocycles. The second kappa shape index (κ2) is 7.57. The third-order valence-corrected chi connectivity index (χ3v) is 5.83. The molecule has 0 radical (unpaired) electrons. The number of benzene rings is 2. The first-order chi connectivity index (χ1) is 11.0. The zero-order valence-electron chi connectivity index (χ0n) is 13.1. The topological polar surface area (TPSA) is 46.6 Å². The Morgan fingerprint density at radius 2 is 1.74 bits per heavy atom. The van der Waals surface area contributed by atoms with Gasteiger partial charge in [-0.3, -0.25) is 4.31 Å². The van der Waals surface area contributed by atoms with Crippen molar-refractivity contribution >= 4 is 27.5 Å². The number of nitrogens with zero attached hydrogens (tertiary/aromatic N) is 1. The molecule has 0 aliphatic carbocycles. The van der Waals surface area contributed by atoms with Crippen molar-refractivity contribution in [2.45, 2.75) is 9.79 Å². The molecule has 4 nitrogen and oxygen atoms in total. The highest BCUT2D eigenvalue weighted by atomic mass is 32.2. The normalized spacial score (nSPS) is 11.0. The fraction of sp³-hybridized carbons (Fsp3) is 0.176. The smallest absolute Gasteiger partial charge is 0.264 e. The van der Waals surface area contributed by atoms with Gasteiger partial charge in [-0.15, -0.1) is 11.8 Å². The molecule has 6 heteroatoms. The summed E-state index contributed by atoms with van der Waals surface area (Å²) in [5.74, 6) is 0.670. The van der Waals surface area contributed by atoms with Crippen LogP contribution < -0.4 is 9.04 Å². The van der Waals surface area contributed by atoms with Crippen LogP contribution in [0.1, 0.15) is 0 Å². The summed E-state index contributed by atoms with van der Waals surface area (Å²) in [5.41, 5.74) is 0.574. The summed E-state index contributed by atoms with van der Waals surface area (Å²) >= 11 is 1.57. The highest BCUT2D eigenvalue weighted by molar-refractivity contribution is 7.98. The van der Waals surface area contributed by atoms with Gasteiger partial charge in [0, 0.05) is 11.9 Å². The van der Waals surface area contributed by atoms with Crippen molar-refractivity contribution in [2.24, 2.45) is 0 Å². The standard InChI is InChI=1S/C17H19NO3S2/c1-4-13-21-15-7-5-14(6-8-15)18(2)23(19,20)17-11-9-16(22-3)10-12-17/h4-12H,1,13H2,2-3H3. The van der Waals surface area contributed by atoms with Crippen LogP contribution in [0, 0.1) is 0 Å². The van der Waals surface area contributed by atoms with Gasteiger partial charge in [-0.2, -0.15) is 0 Å². The van der Waals surface area contributed by atoms with Crippen molar-refractivity contribution in [3.8, 4) is 5.75 Å². The largest absolute Gasteiger partial charge is 0.490 e. The molecule has 2 aromatic carbocycles. The average Bonchev–Trinajstić information content (AvgIpc) is 2.59. The van der Waals surface area contributed by atoms with Gasteiger partial charge in [-0.05, 0) is 54.8 Å². The fourth-order valence-corrected chi connectivity index (χ4v) is 3.56. The van der Waals surface area contributed by atoms with E-state index in [0.717, 1.165) is 4.90 Å². The molecule has 0 aliphatic rings. The van der Waals surface area contributed by atoms with Gasteiger partial charge in [0.15, 0.2) is 0 Å². The lowest BCUT2D eigenvalue weighted by Gasteiger charge is -2.20. The van der Waals surface area contributed by atoms with Gasteiger partial charge in [0.25, 0.3) is 10.0 Å². The molecule has 0 spiro atoms. The molecule has 0 fully saturated rings. The van der Waals surface area contributed by atoms with Crippen LogP contribution in [0.4, 0.5) is 5.69 Å². The molecule has 0 heterocycles. The molecule has 2 rings (SSSR count). The molecule has 2 aromatic rings. The van der Waals surface area contributed by atoms with Crippen LogP contribution in [-0.2, 0) is 10.0 Å². The first kappa shape index (κ1) is 17.4. The number of rotatable bonds is 7. The van der Waals surface area contributed by atoms with E-state index in [9.17, 15) is 8.42 Å². The van der Waals surface area contributed by atoms with E-state index in [0.29, 0.717) is 18.0 Å². The molecule has 0 amide bonds. The zero-order chi connectivity index (χ0) is 16.9. The number of thioether (sulfide) groups is 1. The first-order valence-corrected chi connectivity index (χ1v) is 9.62. The second-order valence-electron chi connectivity index (χ2n) is 4.74. The summed E-state index contributed by atoms with van der Waals surface area (Å²) in [7, 11) is -2.04. The molecule has 0 aromatic heterocycles. The third kappa shape index (κ3) is 4.09. The Bertz CT molecular complexity index is 753. The Morgan fingerprint density at radius 3 is 2.26 bits per heavy atom. The number of anilines is 1. The number of sulfonamides is 1.